The van der Waals surface area contributed by atoms with Crippen molar-refractivity contribution in [2.45, 2.75) is 19.3 Å². The molecule has 0 spiro atoms. The van der Waals surface area contributed by atoms with Crippen LogP contribution in [0.15, 0.2) is 37.0 Å². The molecule has 0 aromatic heterocycles. The van der Waals surface area contributed by atoms with Crippen LogP contribution in [0.25, 0.3) is 0 Å². The third-order valence-corrected chi connectivity index (χ3v) is 2.12. The van der Waals surface area contributed by atoms with Crippen LogP contribution in [0, 0.1) is 5.92 Å². The summed E-state index contributed by atoms with van der Waals surface area (Å²) >= 11 is 0. The number of rotatable bonds is 4. The highest BCUT2D eigenvalue weighted by Gasteiger charge is 2.22. The molecule has 1 aliphatic carbocycles. The number of carbonyl (C=O) groups excluding carboxylic acids is 1. The second-order valence-corrected chi connectivity index (χ2v) is 3.12. The van der Waals surface area contributed by atoms with Crippen molar-refractivity contribution in [2.75, 3.05) is 0 Å². The van der Waals surface area contributed by atoms with E-state index in [1.165, 1.54) is 5.57 Å². The van der Waals surface area contributed by atoms with Crippen molar-refractivity contribution in [1.29, 1.82) is 0 Å². The van der Waals surface area contributed by atoms with E-state index < -0.39 is 0 Å². The molecule has 0 saturated carbocycles. The molecule has 0 heterocycles. The maximum Gasteiger partial charge on any atom is 0.159 e. The lowest BCUT2D eigenvalue weighted by Crippen LogP contribution is -2.04. The summed E-state index contributed by atoms with van der Waals surface area (Å²) in [6, 6.07) is 0. The molecular formula is C11H14O. The highest BCUT2D eigenvalue weighted by Crippen LogP contribution is 2.26. The molecule has 0 saturated heterocycles. The zero-order chi connectivity index (χ0) is 8.97. The van der Waals surface area contributed by atoms with Crippen molar-refractivity contribution < 1.29 is 4.79 Å². The summed E-state index contributed by atoms with van der Waals surface area (Å²) in [5, 5.41) is 0. The largest absolute Gasteiger partial charge is 0.295 e. The number of hydrogen-bond acceptors (Lipinski definition) is 1. The first-order valence-electron chi connectivity index (χ1n) is 4.23. The van der Waals surface area contributed by atoms with Crippen LogP contribution >= 0.6 is 0 Å². The van der Waals surface area contributed by atoms with Gasteiger partial charge in [0.1, 0.15) is 0 Å². The first-order valence-corrected chi connectivity index (χ1v) is 4.23. The Hall–Kier alpha value is -1.11. The fourth-order valence-electron chi connectivity index (χ4n) is 1.52. The number of carbonyl (C=O) groups is 1. The molecule has 1 unspecified atom stereocenters. The Morgan fingerprint density at radius 1 is 1.50 bits per heavy atom. The molecule has 1 aliphatic rings. The van der Waals surface area contributed by atoms with E-state index in [1.807, 2.05) is 12.2 Å². The van der Waals surface area contributed by atoms with Crippen molar-refractivity contribution in [3.05, 3.63) is 37.0 Å². The molecule has 1 rings (SSSR count). The molecule has 1 heteroatoms. The molecule has 0 aromatic carbocycles. The lowest BCUT2D eigenvalue weighted by Gasteiger charge is -2.03. The summed E-state index contributed by atoms with van der Waals surface area (Å²) in [6.07, 6.45) is 7.96. The van der Waals surface area contributed by atoms with Crippen molar-refractivity contribution >= 4 is 5.78 Å². The Bertz CT molecular complexity index is 235. The summed E-state index contributed by atoms with van der Waals surface area (Å²) in [5.74, 6) is 0.421. The molecule has 0 radical (unpaired) electrons. The average molecular weight is 162 g/mol. The quantitative estimate of drug-likeness (QED) is 0.581. The van der Waals surface area contributed by atoms with Crippen LogP contribution < -0.4 is 0 Å². The Morgan fingerprint density at radius 3 is 2.83 bits per heavy atom. The van der Waals surface area contributed by atoms with E-state index in [1.54, 1.807) is 6.08 Å². The van der Waals surface area contributed by atoms with Gasteiger partial charge in [-0.25, -0.2) is 0 Å². The maximum absolute atomic E-state index is 11.3. The van der Waals surface area contributed by atoms with Crippen molar-refractivity contribution in [1.82, 2.24) is 0 Å². The fourth-order valence-corrected chi connectivity index (χ4v) is 1.52. The lowest BCUT2D eigenvalue weighted by molar-refractivity contribution is -0.117. The van der Waals surface area contributed by atoms with Gasteiger partial charge < -0.3 is 0 Å². The third-order valence-electron chi connectivity index (χ3n) is 2.12. The van der Waals surface area contributed by atoms with E-state index in [2.05, 4.69) is 13.2 Å². The third kappa shape index (κ3) is 1.94. The smallest absolute Gasteiger partial charge is 0.159 e. The zero-order valence-corrected chi connectivity index (χ0v) is 7.25. The minimum absolute atomic E-state index is 0.164. The second-order valence-electron chi connectivity index (χ2n) is 3.12. The highest BCUT2D eigenvalue weighted by molar-refractivity contribution is 5.95. The van der Waals surface area contributed by atoms with E-state index >= 15 is 0 Å². The normalized spacial score (nSPS) is 22.2. The SMILES string of the molecule is C=CCC1=CC(=O)C(CC=C)C1. The summed E-state index contributed by atoms with van der Waals surface area (Å²) < 4.78 is 0. The summed E-state index contributed by atoms with van der Waals surface area (Å²) in [7, 11) is 0. The van der Waals surface area contributed by atoms with Crippen molar-refractivity contribution in [2.24, 2.45) is 5.92 Å². The molecule has 0 bridgehead atoms. The monoisotopic (exact) mass is 162 g/mol. The standard InChI is InChI=1S/C11H14O/c1-3-5-9-7-10(6-4-2)11(12)8-9/h3-4,8,10H,1-2,5-7H2. The molecule has 0 aliphatic heterocycles. The molecule has 0 fully saturated rings. The van der Waals surface area contributed by atoms with Gasteiger partial charge in [0.25, 0.3) is 0 Å². The molecule has 1 atom stereocenters. The van der Waals surface area contributed by atoms with E-state index in [0.29, 0.717) is 0 Å². The molecule has 12 heavy (non-hydrogen) atoms. The Labute approximate surface area is 73.5 Å². The molecule has 1 nitrogen and oxygen atoms in total. The Balaban J connectivity index is 2.53. The van der Waals surface area contributed by atoms with Crippen LogP contribution in [0.5, 0.6) is 0 Å². The van der Waals surface area contributed by atoms with Crippen LogP contribution in [0.2, 0.25) is 0 Å². The van der Waals surface area contributed by atoms with E-state index in [0.717, 1.165) is 19.3 Å². The van der Waals surface area contributed by atoms with Gasteiger partial charge in [-0.3, -0.25) is 4.79 Å². The topological polar surface area (TPSA) is 17.1 Å². The molecular weight excluding hydrogens is 148 g/mol. The van der Waals surface area contributed by atoms with Gasteiger partial charge in [-0.1, -0.05) is 17.7 Å². The van der Waals surface area contributed by atoms with E-state index in [4.69, 9.17) is 0 Å². The maximum atomic E-state index is 11.3. The van der Waals surface area contributed by atoms with Crippen LogP contribution in [0.4, 0.5) is 0 Å². The number of hydrogen-bond donors (Lipinski definition) is 0. The highest BCUT2D eigenvalue weighted by atomic mass is 16.1. The summed E-state index contributed by atoms with van der Waals surface area (Å²) in [4.78, 5) is 11.3. The molecule has 0 aromatic rings. The van der Waals surface area contributed by atoms with Gasteiger partial charge in [-0.2, -0.15) is 0 Å². The average Bonchev–Trinajstić information content (AvgIpc) is 2.34. The summed E-state index contributed by atoms with van der Waals surface area (Å²) in [6.45, 7) is 7.28. The minimum Gasteiger partial charge on any atom is -0.295 e. The van der Waals surface area contributed by atoms with Gasteiger partial charge in [0.05, 0.1) is 0 Å². The van der Waals surface area contributed by atoms with E-state index in [9.17, 15) is 4.79 Å². The van der Waals surface area contributed by atoms with E-state index in [-0.39, 0.29) is 11.7 Å². The van der Waals surface area contributed by atoms with Gasteiger partial charge in [-0.05, 0) is 25.3 Å². The summed E-state index contributed by atoms with van der Waals surface area (Å²) in [5.41, 5.74) is 1.21. The van der Waals surface area contributed by atoms with Crippen LogP contribution in [0.1, 0.15) is 19.3 Å². The number of ketones is 1. The zero-order valence-electron chi connectivity index (χ0n) is 7.25. The number of allylic oxidation sites excluding steroid dienone is 4. The van der Waals surface area contributed by atoms with Gasteiger partial charge in [0, 0.05) is 5.92 Å². The van der Waals surface area contributed by atoms with Gasteiger partial charge in [0.2, 0.25) is 0 Å². The van der Waals surface area contributed by atoms with Crippen molar-refractivity contribution in [3.63, 3.8) is 0 Å². The molecule has 0 N–H and O–H groups in total. The van der Waals surface area contributed by atoms with Gasteiger partial charge in [-0.15, -0.1) is 13.2 Å². The van der Waals surface area contributed by atoms with Crippen LogP contribution in [0.3, 0.4) is 0 Å². The predicted molar refractivity (Wildman–Crippen MR) is 50.8 cm³/mol. The first kappa shape index (κ1) is 8.98. The van der Waals surface area contributed by atoms with Crippen LogP contribution in [-0.4, -0.2) is 5.78 Å². The first-order chi connectivity index (χ1) is 5.77. The Morgan fingerprint density at radius 2 is 2.25 bits per heavy atom. The Kier molecular flexibility index (Phi) is 3.03. The lowest BCUT2D eigenvalue weighted by atomic mass is 10.00. The second kappa shape index (κ2) is 4.05. The van der Waals surface area contributed by atoms with Crippen molar-refractivity contribution in [3.8, 4) is 0 Å². The minimum atomic E-state index is 0.164. The molecule has 0 amide bonds. The van der Waals surface area contributed by atoms with Gasteiger partial charge in [0.15, 0.2) is 5.78 Å². The molecule has 64 valence electrons. The van der Waals surface area contributed by atoms with Crippen LogP contribution in [-0.2, 0) is 4.79 Å². The van der Waals surface area contributed by atoms with Gasteiger partial charge >= 0.3 is 0 Å². The predicted octanol–water partition coefficient (Wildman–Crippen LogP) is 2.65. The fraction of sp³-hybridized carbons (Fsp3) is 0.364.